The summed E-state index contributed by atoms with van der Waals surface area (Å²) in [6, 6.07) is 11.4. The largest absolute Gasteiger partial charge is 0.310 e. The van der Waals surface area contributed by atoms with Crippen LogP contribution in [0.2, 0.25) is 0 Å². The first-order chi connectivity index (χ1) is 12.1. The number of anilines is 1. The molecule has 1 amide bonds. The lowest BCUT2D eigenvalue weighted by Gasteiger charge is -2.08. The number of carbonyl (C=O) groups is 1. The van der Waals surface area contributed by atoms with Crippen molar-refractivity contribution in [1.82, 2.24) is 9.55 Å². The first-order valence-corrected chi connectivity index (χ1v) is 8.95. The van der Waals surface area contributed by atoms with Gasteiger partial charge in [0.2, 0.25) is 0 Å². The first kappa shape index (κ1) is 17.1. The Bertz CT molecular complexity index is 942. The molecule has 0 radical (unpaired) electrons. The highest BCUT2D eigenvalue weighted by molar-refractivity contribution is 7.13. The van der Waals surface area contributed by atoms with Gasteiger partial charge in [-0.2, -0.15) is 0 Å². The summed E-state index contributed by atoms with van der Waals surface area (Å²) in [5, 5.41) is 5.02. The van der Waals surface area contributed by atoms with Crippen LogP contribution in [-0.4, -0.2) is 15.5 Å². The van der Waals surface area contributed by atoms with E-state index in [4.69, 9.17) is 0 Å². The van der Waals surface area contributed by atoms with Crippen molar-refractivity contribution in [2.45, 2.75) is 26.8 Å². The Kier molecular flexibility index (Phi) is 5.09. The Balaban J connectivity index is 1.81. The van der Waals surface area contributed by atoms with E-state index in [0.717, 1.165) is 17.7 Å². The lowest BCUT2D eigenvalue weighted by molar-refractivity contribution is 0.102. The van der Waals surface area contributed by atoms with Crippen LogP contribution in [0.5, 0.6) is 0 Å². The van der Waals surface area contributed by atoms with E-state index < -0.39 is 5.91 Å². The maximum absolute atomic E-state index is 12.6. The van der Waals surface area contributed by atoms with E-state index in [2.05, 4.69) is 29.4 Å². The maximum Gasteiger partial charge on any atom is 0.263 e. The van der Waals surface area contributed by atoms with E-state index >= 15 is 0 Å². The van der Waals surface area contributed by atoms with Crippen molar-refractivity contribution < 1.29 is 4.79 Å². The van der Waals surface area contributed by atoms with Crippen molar-refractivity contribution in [2.75, 3.05) is 5.32 Å². The third-order valence-electron chi connectivity index (χ3n) is 3.89. The molecule has 6 heteroatoms. The van der Waals surface area contributed by atoms with Crippen LogP contribution >= 0.6 is 11.3 Å². The summed E-state index contributed by atoms with van der Waals surface area (Å²) in [5.74, 6) is -0.435. The summed E-state index contributed by atoms with van der Waals surface area (Å²) >= 11 is 1.34. The normalized spacial score (nSPS) is 10.6. The van der Waals surface area contributed by atoms with Crippen molar-refractivity contribution in [2.24, 2.45) is 0 Å². The topological polar surface area (TPSA) is 64.0 Å². The molecule has 3 aromatic rings. The van der Waals surface area contributed by atoms with Crippen molar-refractivity contribution >= 4 is 22.4 Å². The van der Waals surface area contributed by atoms with Crippen LogP contribution in [0.15, 0.2) is 52.8 Å². The summed E-state index contributed by atoms with van der Waals surface area (Å²) in [5.41, 5.74) is 2.91. The Morgan fingerprint density at radius 1 is 1.20 bits per heavy atom. The second-order valence-electron chi connectivity index (χ2n) is 5.77. The highest BCUT2D eigenvalue weighted by Gasteiger charge is 2.14. The molecule has 0 saturated heterocycles. The molecule has 2 aromatic heterocycles. The second-order valence-corrected chi connectivity index (χ2v) is 6.63. The van der Waals surface area contributed by atoms with Gasteiger partial charge in [0, 0.05) is 11.6 Å². The van der Waals surface area contributed by atoms with Crippen LogP contribution in [0.25, 0.3) is 0 Å². The number of rotatable bonds is 5. The van der Waals surface area contributed by atoms with Crippen LogP contribution < -0.4 is 10.9 Å². The minimum absolute atomic E-state index is 0.112. The molecule has 0 aliphatic heterocycles. The van der Waals surface area contributed by atoms with Crippen LogP contribution in [0, 0.1) is 6.92 Å². The van der Waals surface area contributed by atoms with Crippen LogP contribution in [0.3, 0.4) is 0 Å². The van der Waals surface area contributed by atoms with Gasteiger partial charge < -0.3 is 4.57 Å². The van der Waals surface area contributed by atoms with E-state index in [1.54, 1.807) is 16.8 Å². The summed E-state index contributed by atoms with van der Waals surface area (Å²) in [4.78, 5) is 29.2. The first-order valence-electron chi connectivity index (χ1n) is 8.07. The average Bonchev–Trinajstić information content (AvgIpc) is 3.02. The lowest BCUT2D eigenvalue weighted by Crippen LogP contribution is -2.29. The molecule has 0 unspecified atom stereocenters. The quantitative estimate of drug-likeness (QED) is 0.764. The number of benzene rings is 1. The standard InChI is InChI=1S/C19H19N3O2S/c1-3-14-6-8-15(9-7-14)11-22-10-4-5-16(18(22)24)17(23)21-19-20-13(2)12-25-19/h4-10,12H,3,11H2,1-2H3,(H,20,21,23). The van der Waals surface area contributed by atoms with Crippen LogP contribution in [-0.2, 0) is 13.0 Å². The highest BCUT2D eigenvalue weighted by Crippen LogP contribution is 2.15. The molecule has 0 bridgehead atoms. The fraction of sp³-hybridized carbons (Fsp3) is 0.211. The lowest BCUT2D eigenvalue weighted by atomic mass is 10.1. The number of pyridine rings is 1. The van der Waals surface area contributed by atoms with Gasteiger partial charge in [-0.15, -0.1) is 11.3 Å². The fourth-order valence-electron chi connectivity index (χ4n) is 2.49. The van der Waals surface area contributed by atoms with Crippen molar-refractivity contribution in [3.05, 3.63) is 80.7 Å². The highest BCUT2D eigenvalue weighted by atomic mass is 32.1. The molecule has 2 heterocycles. The van der Waals surface area contributed by atoms with Gasteiger partial charge in [0.15, 0.2) is 5.13 Å². The number of thiazole rings is 1. The summed E-state index contributed by atoms with van der Waals surface area (Å²) in [6.45, 7) is 4.39. The molecule has 3 rings (SSSR count). The molecule has 0 fully saturated rings. The number of amides is 1. The van der Waals surface area contributed by atoms with Crippen molar-refractivity contribution in [1.29, 1.82) is 0 Å². The van der Waals surface area contributed by atoms with Gasteiger partial charge in [-0.25, -0.2) is 4.98 Å². The Morgan fingerprint density at radius 3 is 2.56 bits per heavy atom. The van der Waals surface area contributed by atoms with Gasteiger partial charge >= 0.3 is 0 Å². The summed E-state index contributed by atoms with van der Waals surface area (Å²) in [7, 11) is 0. The summed E-state index contributed by atoms with van der Waals surface area (Å²) in [6.07, 6.45) is 2.67. The van der Waals surface area contributed by atoms with E-state index in [-0.39, 0.29) is 11.1 Å². The van der Waals surface area contributed by atoms with Crippen molar-refractivity contribution in [3.8, 4) is 0 Å². The molecular weight excluding hydrogens is 334 g/mol. The predicted molar refractivity (Wildman–Crippen MR) is 100 cm³/mol. The van der Waals surface area contributed by atoms with Crippen LogP contribution in [0.1, 0.15) is 34.1 Å². The van der Waals surface area contributed by atoms with E-state index in [1.165, 1.54) is 23.0 Å². The molecule has 25 heavy (non-hydrogen) atoms. The Labute approximate surface area is 150 Å². The molecule has 128 valence electrons. The zero-order valence-corrected chi connectivity index (χ0v) is 15.0. The summed E-state index contributed by atoms with van der Waals surface area (Å²) < 4.78 is 1.54. The van der Waals surface area contributed by atoms with Gasteiger partial charge in [0.25, 0.3) is 11.5 Å². The minimum Gasteiger partial charge on any atom is -0.310 e. The van der Waals surface area contributed by atoms with E-state index in [1.807, 2.05) is 24.4 Å². The second kappa shape index (κ2) is 7.44. The molecule has 5 nitrogen and oxygen atoms in total. The molecule has 0 spiro atoms. The Hall–Kier alpha value is -2.73. The predicted octanol–water partition coefficient (Wildman–Crippen LogP) is 3.48. The zero-order valence-electron chi connectivity index (χ0n) is 14.2. The maximum atomic E-state index is 12.6. The third kappa shape index (κ3) is 4.03. The number of aromatic nitrogens is 2. The van der Waals surface area contributed by atoms with E-state index in [0.29, 0.717) is 11.7 Å². The zero-order chi connectivity index (χ0) is 17.8. The number of nitrogens with one attached hydrogen (secondary N) is 1. The van der Waals surface area contributed by atoms with Gasteiger partial charge in [-0.1, -0.05) is 31.2 Å². The van der Waals surface area contributed by atoms with Crippen LogP contribution in [0.4, 0.5) is 5.13 Å². The van der Waals surface area contributed by atoms with Gasteiger partial charge in [-0.3, -0.25) is 14.9 Å². The molecular formula is C19H19N3O2S. The molecule has 1 N–H and O–H groups in total. The number of aryl methyl sites for hydroxylation is 2. The number of carbonyl (C=O) groups excluding carboxylic acids is 1. The molecule has 0 aliphatic carbocycles. The monoisotopic (exact) mass is 353 g/mol. The molecule has 0 atom stereocenters. The molecule has 0 aliphatic rings. The average molecular weight is 353 g/mol. The van der Waals surface area contributed by atoms with Gasteiger partial charge in [-0.05, 0) is 36.6 Å². The van der Waals surface area contributed by atoms with Gasteiger partial charge in [0.05, 0.1) is 12.2 Å². The fourth-order valence-corrected chi connectivity index (χ4v) is 3.17. The SMILES string of the molecule is CCc1ccc(Cn2cccc(C(=O)Nc3nc(C)cs3)c2=O)cc1. The smallest absolute Gasteiger partial charge is 0.263 e. The van der Waals surface area contributed by atoms with Crippen molar-refractivity contribution in [3.63, 3.8) is 0 Å². The number of nitrogens with zero attached hydrogens (tertiary/aromatic N) is 2. The van der Waals surface area contributed by atoms with Gasteiger partial charge in [0.1, 0.15) is 5.56 Å². The molecule has 1 aromatic carbocycles. The van der Waals surface area contributed by atoms with E-state index in [9.17, 15) is 9.59 Å². The third-order valence-corrected chi connectivity index (χ3v) is 4.76. The molecule has 0 saturated carbocycles. The minimum atomic E-state index is -0.435. The number of hydrogen-bond donors (Lipinski definition) is 1. The Morgan fingerprint density at radius 2 is 1.92 bits per heavy atom. The number of hydrogen-bond acceptors (Lipinski definition) is 4.